The minimum absolute atomic E-state index is 0.100. The molecular weight excluding hydrogens is 226 g/mol. The zero-order valence-electron chi connectivity index (χ0n) is 10.9. The van der Waals surface area contributed by atoms with E-state index in [0.29, 0.717) is 23.0 Å². The summed E-state index contributed by atoms with van der Waals surface area (Å²) in [6.45, 7) is 4.22. The summed E-state index contributed by atoms with van der Waals surface area (Å²) in [6.07, 6.45) is 6.40. The molecule has 0 spiro atoms. The lowest BCUT2D eigenvalue weighted by atomic mass is 9.87. The van der Waals surface area contributed by atoms with Crippen LogP contribution >= 0.6 is 0 Å². The Balaban J connectivity index is 2.06. The van der Waals surface area contributed by atoms with Gasteiger partial charge in [-0.15, -0.1) is 0 Å². The smallest absolute Gasteiger partial charge is 0.263 e. The second kappa shape index (κ2) is 4.26. The van der Waals surface area contributed by atoms with Crippen molar-refractivity contribution < 1.29 is 0 Å². The molecule has 4 heteroatoms. The topological polar surface area (TPSA) is 50.7 Å². The van der Waals surface area contributed by atoms with Gasteiger partial charge in [0.1, 0.15) is 12.0 Å². The van der Waals surface area contributed by atoms with E-state index in [2.05, 4.69) is 16.9 Å². The monoisotopic (exact) mass is 245 g/mol. The Labute approximate surface area is 106 Å². The van der Waals surface area contributed by atoms with E-state index in [0.717, 1.165) is 18.5 Å². The Hall–Kier alpha value is -1.58. The highest BCUT2D eigenvalue weighted by Gasteiger charge is 2.22. The van der Waals surface area contributed by atoms with Crippen molar-refractivity contribution in [3.63, 3.8) is 0 Å². The van der Waals surface area contributed by atoms with Crippen LogP contribution in [0.3, 0.4) is 0 Å². The van der Waals surface area contributed by atoms with Crippen LogP contribution in [0, 0.1) is 12.8 Å². The van der Waals surface area contributed by atoms with Gasteiger partial charge in [0.2, 0.25) is 0 Å². The lowest BCUT2D eigenvalue weighted by Gasteiger charge is -2.27. The van der Waals surface area contributed by atoms with Gasteiger partial charge in [0, 0.05) is 11.7 Å². The van der Waals surface area contributed by atoms with Gasteiger partial charge >= 0.3 is 0 Å². The molecule has 1 aliphatic carbocycles. The molecule has 1 aliphatic rings. The normalized spacial score (nSPS) is 24.6. The predicted octanol–water partition coefficient (Wildman–Crippen LogP) is 2.78. The van der Waals surface area contributed by atoms with Crippen molar-refractivity contribution in [1.82, 2.24) is 14.5 Å². The second-order valence-electron chi connectivity index (χ2n) is 5.60. The van der Waals surface area contributed by atoms with Crippen LogP contribution in [-0.2, 0) is 0 Å². The molecule has 0 bridgehead atoms. The molecule has 4 nitrogen and oxygen atoms in total. The van der Waals surface area contributed by atoms with Crippen LogP contribution in [0.15, 0.2) is 17.2 Å². The molecule has 2 aromatic heterocycles. The van der Waals surface area contributed by atoms with Crippen molar-refractivity contribution >= 4 is 11.0 Å². The molecule has 1 fully saturated rings. The van der Waals surface area contributed by atoms with Gasteiger partial charge in [0.05, 0.1) is 5.39 Å². The van der Waals surface area contributed by atoms with Crippen molar-refractivity contribution in [1.29, 1.82) is 0 Å². The highest BCUT2D eigenvalue weighted by molar-refractivity contribution is 5.75. The van der Waals surface area contributed by atoms with E-state index in [1.807, 2.05) is 17.6 Å². The summed E-state index contributed by atoms with van der Waals surface area (Å²) in [5.74, 6) is 0.708. The SMILES string of the molecule is Cc1cc2c(=O)n(C3CCCC(C)C3)cnc2[nH]1. The Morgan fingerprint density at radius 1 is 1.44 bits per heavy atom. The molecule has 0 aromatic carbocycles. The average molecular weight is 245 g/mol. The van der Waals surface area contributed by atoms with Crippen molar-refractivity contribution in [3.05, 3.63) is 28.4 Å². The number of hydrogen-bond acceptors (Lipinski definition) is 2. The van der Waals surface area contributed by atoms with Gasteiger partial charge in [0.25, 0.3) is 5.56 Å². The van der Waals surface area contributed by atoms with Gasteiger partial charge in [0.15, 0.2) is 0 Å². The standard InChI is InChI=1S/C14H19N3O/c1-9-4-3-5-11(6-9)17-8-15-13-12(14(17)18)7-10(2)16-13/h7-9,11,16H,3-6H2,1-2H3. The molecule has 2 atom stereocenters. The number of aryl methyl sites for hydroxylation is 1. The number of H-pyrrole nitrogens is 1. The van der Waals surface area contributed by atoms with Gasteiger partial charge in [-0.05, 0) is 31.7 Å². The molecule has 1 N–H and O–H groups in total. The van der Waals surface area contributed by atoms with Gasteiger partial charge < -0.3 is 4.98 Å². The van der Waals surface area contributed by atoms with Crippen LogP contribution in [0.4, 0.5) is 0 Å². The third-order valence-electron chi connectivity index (χ3n) is 4.01. The summed E-state index contributed by atoms with van der Waals surface area (Å²) in [6, 6.07) is 2.22. The van der Waals surface area contributed by atoms with E-state index < -0.39 is 0 Å². The Morgan fingerprint density at radius 3 is 3.06 bits per heavy atom. The third-order valence-corrected chi connectivity index (χ3v) is 4.01. The number of rotatable bonds is 1. The van der Waals surface area contributed by atoms with E-state index in [9.17, 15) is 4.79 Å². The molecule has 3 rings (SSSR count). The highest BCUT2D eigenvalue weighted by Crippen LogP contribution is 2.31. The van der Waals surface area contributed by atoms with E-state index in [-0.39, 0.29) is 5.56 Å². The number of nitrogens with one attached hydrogen (secondary N) is 1. The predicted molar refractivity (Wildman–Crippen MR) is 71.8 cm³/mol. The van der Waals surface area contributed by atoms with E-state index in [4.69, 9.17) is 0 Å². The van der Waals surface area contributed by atoms with Gasteiger partial charge in [-0.1, -0.05) is 19.8 Å². The summed E-state index contributed by atoms with van der Waals surface area (Å²) in [7, 11) is 0. The molecule has 1 saturated carbocycles. The fourth-order valence-electron chi connectivity index (χ4n) is 3.07. The summed E-state index contributed by atoms with van der Waals surface area (Å²) < 4.78 is 1.84. The fraction of sp³-hybridized carbons (Fsp3) is 0.571. The average Bonchev–Trinajstić information content (AvgIpc) is 2.71. The Kier molecular flexibility index (Phi) is 2.73. The fourth-order valence-corrected chi connectivity index (χ4v) is 3.07. The number of fused-ring (bicyclic) bond motifs is 1. The van der Waals surface area contributed by atoms with Crippen molar-refractivity contribution in [2.75, 3.05) is 0 Å². The van der Waals surface area contributed by atoms with Crippen LogP contribution < -0.4 is 5.56 Å². The first-order valence-corrected chi connectivity index (χ1v) is 6.71. The zero-order chi connectivity index (χ0) is 12.7. The molecule has 2 aromatic rings. The maximum absolute atomic E-state index is 12.5. The van der Waals surface area contributed by atoms with Gasteiger partial charge in [-0.2, -0.15) is 0 Å². The van der Waals surface area contributed by atoms with Crippen LogP contribution in [0.25, 0.3) is 11.0 Å². The van der Waals surface area contributed by atoms with Crippen molar-refractivity contribution in [3.8, 4) is 0 Å². The molecule has 0 radical (unpaired) electrons. The highest BCUT2D eigenvalue weighted by atomic mass is 16.1. The van der Waals surface area contributed by atoms with E-state index in [1.165, 1.54) is 12.8 Å². The Bertz CT molecular complexity index is 625. The summed E-state index contributed by atoms with van der Waals surface area (Å²) >= 11 is 0. The summed E-state index contributed by atoms with van der Waals surface area (Å²) in [4.78, 5) is 19.9. The van der Waals surface area contributed by atoms with Crippen LogP contribution in [0.1, 0.15) is 44.3 Å². The number of aromatic amines is 1. The quantitative estimate of drug-likeness (QED) is 0.840. The third kappa shape index (κ3) is 1.85. The number of nitrogens with zero attached hydrogens (tertiary/aromatic N) is 2. The maximum Gasteiger partial charge on any atom is 0.263 e. The minimum atomic E-state index is 0.100. The molecule has 2 heterocycles. The van der Waals surface area contributed by atoms with Gasteiger partial charge in [-0.25, -0.2) is 4.98 Å². The molecular formula is C14H19N3O. The van der Waals surface area contributed by atoms with Gasteiger partial charge in [-0.3, -0.25) is 9.36 Å². The minimum Gasteiger partial charge on any atom is -0.343 e. The first kappa shape index (κ1) is 11.5. The van der Waals surface area contributed by atoms with Crippen LogP contribution in [-0.4, -0.2) is 14.5 Å². The molecule has 2 unspecified atom stereocenters. The van der Waals surface area contributed by atoms with Crippen molar-refractivity contribution in [2.45, 2.75) is 45.6 Å². The largest absolute Gasteiger partial charge is 0.343 e. The van der Waals surface area contributed by atoms with Crippen molar-refractivity contribution in [2.24, 2.45) is 5.92 Å². The lowest BCUT2D eigenvalue weighted by molar-refractivity contribution is 0.277. The summed E-state index contributed by atoms with van der Waals surface area (Å²) in [5.41, 5.74) is 1.80. The summed E-state index contributed by atoms with van der Waals surface area (Å²) in [5, 5.41) is 0.716. The van der Waals surface area contributed by atoms with E-state index >= 15 is 0 Å². The van der Waals surface area contributed by atoms with Crippen LogP contribution in [0.5, 0.6) is 0 Å². The number of hydrogen-bond donors (Lipinski definition) is 1. The van der Waals surface area contributed by atoms with E-state index in [1.54, 1.807) is 6.33 Å². The molecule has 0 amide bonds. The molecule has 96 valence electrons. The number of aromatic nitrogens is 3. The van der Waals surface area contributed by atoms with Crippen LogP contribution in [0.2, 0.25) is 0 Å². The molecule has 0 saturated heterocycles. The maximum atomic E-state index is 12.5. The molecule has 0 aliphatic heterocycles. The Morgan fingerprint density at radius 2 is 2.28 bits per heavy atom. The zero-order valence-corrected chi connectivity index (χ0v) is 10.9. The first-order chi connectivity index (χ1) is 8.65. The molecule has 18 heavy (non-hydrogen) atoms. The second-order valence-corrected chi connectivity index (χ2v) is 5.60. The first-order valence-electron chi connectivity index (χ1n) is 6.71. The lowest BCUT2D eigenvalue weighted by Crippen LogP contribution is -2.28.